The topological polar surface area (TPSA) is 199 Å². The predicted octanol–water partition coefficient (Wildman–Crippen LogP) is 6.16. The third kappa shape index (κ3) is 11.2. The van der Waals surface area contributed by atoms with Crippen LogP contribution in [-0.4, -0.2) is 127 Å². The van der Waals surface area contributed by atoms with Crippen molar-refractivity contribution in [2.24, 2.45) is 10.4 Å². The Balaban J connectivity index is 0.797. The van der Waals surface area contributed by atoms with Gasteiger partial charge in [0, 0.05) is 66.2 Å². The minimum atomic E-state index is -0.932. The molecule has 0 aliphatic carbocycles. The lowest BCUT2D eigenvalue weighted by atomic mass is 9.85. The second-order valence-corrected chi connectivity index (χ2v) is 22.3. The minimum Gasteiger partial charge on any atom is -0.391 e. The summed E-state index contributed by atoms with van der Waals surface area (Å²) < 4.78 is 2.06. The normalized spacial score (nSPS) is 19.2. The molecular formula is C51H64ClN11O5S2. The SMILES string of the molecule is Cc1ncsc1-c1ccc([C@H](C)NC(=O)[C@@H]2C[C@@H](O)CN2C(=O)[C@@H](NC(=O)CNCCNC2CCN(C(=O)C[C@@H]3N=C(c4ccc(Cl)cc4)c4c(sc(C)c4C)-n4c(C)nnc43)CC2)C(C)(C)C)cc1. The lowest BCUT2D eigenvalue weighted by molar-refractivity contribution is -0.144. The van der Waals surface area contributed by atoms with E-state index in [1.54, 1.807) is 22.7 Å². The van der Waals surface area contributed by atoms with Gasteiger partial charge in [-0.05, 0) is 81.7 Å². The van der Waals surface area contributed by atoms with Crippen LogP contribution in [0.15, 0.2) is 59.0 Å². The van der Waals surface area contributed by atoms with E-state index >= 15 is 0 Å². The molecule has 70 heavy (non-hydrogen) atoms. The number of thiophene rings is 1. The number of hydrogen-bond donors (Lipinski definition) is 5. The summed E-state index contributed by atoms with van der Waals surface area (Å²) in [5, 5.41) is 34.1. The van der Waals surface area contributed by atoms with Crippen LogP contribution in [0.5, 0.6) is 0 Å². The number of halogens is 1. The molecule has 6 heterocycles. The Bertz CT molecular complexity index is 2740. The van der Waals surface area contributed by atoms with E-state index in [0.29, 0.717) is 37.0 Å². The number of aliphatic imine (C=N–C) groups is 1. The first-order chi connectivity index (χ1) is 33.4. The van der Waals surface area contributed by atoms with E-state index in [-0.39, 0.29) is 55.7 Å². The molecule has 0 spiro atoms. The summed E-state index contributed by atoms with van der Waals surface area (Å²) in [5.41, 5.74) is 7.97. The molecule has 16 nitrogen and oxygen atoms in total. The van der Waals surface area contributed by atoms with Gasteiger partial charge in [0.1, 0.15) is 29.0 Å². The molecule has 2 aromatic carbocycles. The van der Waals surface area contributed by atoms with Crippen LogP contribution in [0.4, 0.5) is 0 Å². The molecule has 8 rings (SSSR count). The number of hydrogen-bond acceptors (Lipinski definition) is 13. The number of nitrogens with zero attached hydrogens (tertiary/aromatic N) is 7. The van der Waals surface area contributed by atoms with E-state index in [1.165, 1.54) is 9.78 Å². The molecule has 3 aliphatic heterocycles. The van der Waals surface area contributed by atoms with Crippen LogP contribution in [-0.2, 0) is 19.2 Å². The van der Waals surface area contributed by atoms with Crippen molar-refractivity contribution < 1.29 is 24.3 Å². The van der Waals surface area contributed by atoms with Crippen LogP contribution in [0, 0.1) is 33.1 Å². The average molecular weight is 1010 g/mol. The fourth-order valence-corrected chi connectivity index (χ4v) is 11.7. The fourth-order valence-electron chi connectivity index (χ4n) is 9.55. The summed E-state index contributed by atoms with van der Waals surface area (Å²) in [6.45, 7) is 17.9. The monoisotopic (exact) mass is 1010 g/mol. The van der Waals surface area contributed by atoms with E-state index in [0.717, 1.165) is 67.8 Å². The molecule has 5 aromatic rings. The van der Waals surface area contributed by atoms with E-state index in [9.17, 15) is 24.3 Å². The Labute approximate surface area is 422 Å². The van der Waals surface area contributed by atoms with Crippen molar-refractivity contribution >= 4 is 63.6 Å². The first kappa shape index (κ1) is 51.0. The number of fused-ring (bicyclic) bond motifs is 3. The standard InChI is InChI=1S/C51H64ClN11O5S2/c1-28-31(4)70-50-43(28)44(34-13-15-36(52)16-14-34)57-39(47-60-59-32(5)63(47)50)24-42(66)61-21-17-37(18-22-61)54-20-19-53-25-41(65)58-46(51(6,7)8)49(68)62-26-38(64)23-40(62)48(67)56-29(2)33-9-11-35(12-10-33)45-30(3)55-27-69-45/h9-16,27,29,37-40,46,53-54,64H,17-26H2,1-8H3,(H,56,67)(H,58,65)/t29-,38+,39-,40-,46+/m0/s1. The summed E-state index contributed by atoms with van der Waals surface area (Å²) in [4.78, 5) is 70.4. The summed E-state index contributed by atoms with van der Waals surface area (Å²) in [6.07, 6.45) is 0.949. The zero-order chi connectivity index (χ0) is 50.0. The summed E-state index contributed by atoms with van der Waals surface area (Å²) in [5.74, 6) is 0.300. The van der Waals surface area contributed by atoms with Crippen LogP contribution >= 0.6 is 34.3 Å². The molecule has 19 heteroatoms. The average Bonchev–Trinajstić information content (AvgIpc) is 4.10. The highest BCUT2D eigenvalue weighted by Crippen LogP contribution is 2.40. The number of aryl methyl sites for hydroxylation is 3. The number of aliphatic hydroxyl groups excluding tert-OH is 1. The summed E-state index contributed by atoms with van der Waals surface area (Å²) in [6, 6.07) is 13.1. The molecule has 2 saturated heterocycles. The number of benzene rings is 2. The molecular weight excluding hydrogens is 946 g/mol. The lowest BCUT2D eigenvalue weighted by Gasteiger charge is -2.35. The zero-order valence-corrected chi connectivity index (χ0v) is 43.5. The highest BCUT2D eigenvalue weighted by molar-refractivity contribution is 7.15. The molecule has 0 radical (unpaired) electrons. The second-order valence-electron chi connectivity index (χ2n) is 19.8. The largest absolute Gasteiger partial charge is 0.391 e. The molecule has 0 bridgehead atoms. The van der Waals surface area contributed by atoms with Crippen LogP contribution in [0.3, 0.4) is 0 Å². The van der Waals surface area contributed by atoms with Crippen LogP contribution in [0.25, 0.3) is 15.4 Å². The number of nitrogens with one attached hydrogen (secondary N) is 4. The molecule has 0 unspecified atom stereocenters. The third-order valence-electron chi connectivity index (χ3n) is 13.7. The van der Waals surface area contributed by atoms with E-state index in [2.05, 4.69) is 54.9 Å². The van der Waals surface area contributed by atoms with Gasteiger partial charge in [0.05, 0.1) is 46.9 Å². The highest BCUT2D eigenvalue weighted by Gasteiger charge is 2.45. The molecule has 4 amide bonds. The van der Waals surface area contributed by atoms with Gasteiger partial charge < -0.3 is 36.2 Å². The molecule has 5 atom stereocenters. The summed E-state index contributed by atoms with van der Waals surface area (Å²) >= 11 is 9.54. The van der Waals surface area contributed by atoms with Crippen molar-refractivity contribution in [3.63, 3.8) is 0 Å². The summed E-state index contributed by atoms with van der Waals surface area (Å²) in [7, 11) is 0. The van der Waals surface area contributed by atoms with Crippen molar-refractivity contribution in [2.75, 3.05) is 39.3 Å². The van der Waals surface area contributed by atoms with E-state index < -0.39 is 35.6 Å². The molecule has 372 valence electrons. The Morgan fingerprint density at radius 3 is 2.30 bits per heavy atom. The van der Waals surface area contributed by atoms with Gasteiger partial charge >= 0.3 is 0 Å². The molecule has 5 N–H and O–H groups in total. The second kappa shape index (κ2) is 21.5. The maximum atomic E-state index is 14.2. The Hall–Kier alpha value is -5.37. The van der Waals surface area contributed by atoms with Crippen LogP contribution < -0.4 is 21.3 Å². The number of carbonyl (C=O) groups is 4. The Morgan fingerprint density at radius 2 is 1.63 bits per heavy atom. The number of aliphatic hydroxyl groups is 1. The quantitative estimate of drug-likeness (QED) is 0.0758. The van der Waals surface area contributed by atoms with E-state index in [1.807, 2.05) is 100 Å². The number of likely N-dealkylation sites (tertiary alicyclic amines) is 2. The fraction of sp³-hybridized carbons (Fsp3) is 0.490. The highest BCUT2D eigenvalue weighted by atomic mass is 35.5. The zero-order valence-electron chi connectivity index (χ0n) is 41.1. The van der Waals surface area contributed by atoms with Crippen molar-refractivity contribution in [1.82, 2.24) is 50.8 Å². The van der Waals surface area contributed by atoms with Crippen molar-refractivity contribution in [3.05, 3.63) is 104 Å². The van der Waals surface area contributed by atoms with Gasteiger partial charge in [-0.1, -0.05) is 68.8 Å². The molecule has 3 aromatic heterocycles. The first-order valence-electron chi connectivity index (χ1n) is 24.0. The van der Waals surface area contributed by atoms with Crippen molar-refractivity contribution in [1.29, 1.82) is 0 Å². The predicted molar refractivity (Wildman–Crippen MR) is 275 cm³/mol. The van der Waals surface area contributed by atoms with Crippen LogP contribution in [0.2, 0.25) is 5.02 Å². The van der Waals surface area contributed by atoms with Gasteiger partial charge in [-0.15, -0.1) is 32.9 Å². The van der Waals surface area contributed by atoms with Crippen LogP contribution in [0.1, 0.15) is 110 Å². The molecule has 0 saturated carbocycles. The number of β-amino-alcohol motifs (C(OH)–C–C–N with tert-alkyl or cyclic N) is 1. The maximum absolute atomic E-state index is 14.2. The molecule has 3 aliphatic rings. The van der Waals surface area contributed by atoms with Gasteiger partial charge in [0.15, 0.2) is 5.82 Å². The Kier molecular flexibility index (Phi) is 15.7. The number of thiazole rings is 1. The van der Waals surface area contributed by atoms with Gasteiger partial charge in [-0.25, -0.2) is 4.98 Å². The number of aromatic nitrogens is 4. The number of rotatable bonds is 15. The van der Waals surface area contributed by atoms with Gasteiger partial charge in [-0.2, -0.15) is 0 Å². The number of carbonyl (C=O) groups excluding carboxylic acids is 4. The molecule has 2 fully saturated rings. The Morgan fingerprint density at radius 1 is 0.929 bits per heavy atom. The maximum Gasteiger partial charge on any atom is 0.246 e. The number of piperidine rings is 1. The van der Waals surface area contributed by atoms with Gasteiger partial charge in [0.2, 0.25) is 23.6 Å². The third-order valence-corrected chi connectivity index (χ3v) is 16.1. The number of amides is 4. The lowest BCUT2D eigenvalue weighted by Crippen LogP contribution is -2.58. The van der Waals surface area contributed by atoms with Gasteiger partial charge in [0.25, 0.3) is 0 Å². The smallest absolute Gasteiger partial charge is 0.246 e. The van der Waals surface area contributed by atoms with Gasteiger partial charge in [-0.3, -0.25) is 28.7 Å². The first-order valence-corrected chi connectivity index (χ1v) is 26.1. The minimum absolute atomic E-state index is 0.00557. The van der Waals surface area contributed by atoms with Crippen molar-refractivity contribution in [3.8, 4) is 15.4 Å². The van der Waals surface area contributed by atoms with E-state index in [4.69, 9.17) is 16.6 Å². The van der Waals surface area contributed by atoms with Crippen molar-refractivity contribution in [2.45, 2.75) is 117 Å².